The fourth-order valence-corrected chi connectivity index (χ4v) is 5.43. The number of hydrogen-bond donors (Lipinski definition) is 0. The minimum absolute atomic E-state index is 0.0646. The number of sulfonamides is 1. The Balaban J connectivity index is 1.34. The van der Waals surface area contributed by atoms with Gasteiger partial charge in [-0.3, -0.25) is 9.69 Å². The molecule has 1 fully saturated rings. The normalized spacial score (nSPS) is 17.6. The molecule has 184 valence electrons. The number of ether oxygens (including phenoxy) is 2. The van der Waals surface area contributed by atoms with Crippen LogP contribution in [0.4, 0.5) is 8.78 Å². The van der Waals surface area contributed by atoms with Crippen LogP contribution in [0.3, 0.4) is 0 Å². The number of likely N-dealkylation sites (N-methyl/N-ethyl adjacent to an activating group) is 1. The van der Waals surface area contributed by atoms with Crippen LogP contribution < -0.4 is 9.47 Å². The minimum atomic E-state index is -3.74. The molecule has 1 saturated heterocycles. The summed E-state index contributed by atoms with van der Waals surface area (Å²) in [6.45, 7) is 3.51. The second-order valence-corrected chi connectivity index (χ2v) is 10.3. The Bertz CT molecular complexity index is 1170. The van der Waals surface area contributed by atoms with Gasteiger partial charge < -0.3 is 14.4 Å². The first-order valence-electron chi connectivity index (χ1n) is 11.0. The molecule has 1 atom stereocenters. The van der Waals surface area contributed by atoms with E-state index in [2.05, 4.69) is 0 Å². The predicted molar refractivity (Wildman–Crippen MR) is 120 cm³/mol. The van der Waals surface area contributed by atoms with Crippen molar-refractivity contribution in [3.05, 3.63) is 53.6 Å². The Morgan fingerprint density at radius 2 is 1.68 bits per heavy atom. The van der Waals surface area contributed by atoms with Crippen LogP contribution in [0.5, 0.6) is 11.5 Å². The number of amides is 1. The fourth-order valence-electron chi connectivity index (χ4n) is 3.99. The molecule has 8 nitrogen and oxygen atoms in total. The quantitative estimate of drug-likeness (QED) is 0.612. The average molecular weight is 496 g/mol. The molecule has 0 spiro atoms. The van der Waals surface area contributed by atoms with Gasteiger partial charge in [-0.25, -0.2) is 17.2 Å². The third kappa shape index (κ3) is 5.01. The SMILES string of the molecule is C[C@H](c1ccc(F)c(F)c1)N(C)CC(=O)N1CCN(S(=O)(=O)c2ccc3c(c2)OCCO3)CC1. The molecule has 1 amide bonds. The van der Waals surface area contributed by atoms with Gasteiger partial charge in [-0.1, -0.05) is 6.07 Å². The third-order valence-corrected chi connectivity index (χ3v) is 8.11. The highest BCUT2D eigenvalue weighted by molar-refractivity contribution is 7.89. The number of rotatable bonds is 6. The van der Waals surface area contributed by atoms with Gasteiger partial charge in [0.2, 0.25) is 15.9 Å². The molecule has 0 radical (unpaired) electrons. The summed E-state index contributed by atoms with van der Waals surface area (Å²) in [6.07, 6.45) is 0. The van der Waals surface area contributed by atoms with Gasteiger partial charge in [-0.2, -0.15) is 4.31 Å². The van der Waals surface area contributed by atoms with Gasteiger partial charge in [-0.15, -0.1) is 0 Å². The zero-order chi connectivity index (χ0) is 24.5. The van der Waals surface area contributed by atoms with Crippen molar-refractivity contribution in [3.8, 4) is 11.5 Å². The molecule has 2 aliphatic rings. The van der Waals surface area contributed by atoms with E-state index in [0.717, 1.165) is 12.1 Å². The van der Waals surface area contributed by atoms with Crippen LogP contribution >= 0.6 is 0 Å². The molecule has 2 aromatic rings. The Labute approximate surface area is 197 Å². The summed E-state index contributed by atoms with van der Waals surface area (Å²) in [7, 11) is -2.01. The number of halogens is 2. The van der Waals surface area contributed by atoms with Crippen LogP contribution in [0.15, 0.2) is 41.3 Å². The monoisotopic (exact) mass is 495 g/mol. The van der Waals surface area contributed by atoms with E-state index in [1.165, 1.54) is 22.5 Å². The number of piperazine rings is 1. The van der Waals surface area contributed by atoms with Crippen LogP contribution in [0.25, 0.3) is 0 Å². The molecule has 4 rings (SSSR count). The van der Waals surface area contributed by atoms with Gasteiger partial charge in [0.15, 0.2) is 23.1 Å². The lowest BCUT2D eigenvalue weighted by molar-refractivity contribution is -0.133. The Morgan fingerprint density at radius 1 is 1.00 bits per heavy atom. The van der Waals surface area contributed by atoms with Gasteiger partial charge in [0.05, 0.1) is 11.4 Å². The summed E-state index contributed by atoms with van der Waals surface area (Å²) in [6, 6.07) is 7.93. The summed E-state index contributed by atoms with van der Waals surface area (Å²) >= 11 is 0. The predicted octanol–water partition coefficient (Wildman–Crippen LogP) is 2.26. The van der Waals surface area contributed by atoms with Gasteiger partial charge in [0.25, 0.3) is 0 Å². The number of carbonyl (C=O) groups is 1. The smallest absolute Gasteiger partial charge is 0.243 e. The number of benzene rings is 2. The van der Waals surface area contributed by atoms with E-state index in [0.29, 0.717) is 30.3 Å². The number of carbonyl (C=O) groups excluding carboxylic acids is 1. The van der Waals surface area contributed by atoms with E-state index < -0.39 is 21.7 Å². The molecule has 2 aliphatic heterocycles. The van der Waals surface area contributed by atoms with E-state index in [1.807, 2.05) is 0 Å². The van der Waals surface area contributed by atoms with E-state index in [1.54, 1.807) is 29.8 Å². The highest BCUT2D eigenvalue weighted by Crippen LogP contribution is 2.33. The van der Waals surface area contributed by atoms with Crippen molar-refractivity contribution in [2.75, 3.05) is 53.0 Å². The first-order valence-corrected chi connectivity index (χ1v) is 12.4. The van der Waals surface area contributed by atoms with Crippen molar-refractivity contribution >= 4 is 15.9 Å². The van der Waals surface area contributed by atoms with Crippen molar-refractivity contribution in [2.24, 2.45) is 0 Å². The zero-order valence-electron chi connectivity index (χ0n) is 19.0. The lowest BCUT2D eigenvalue weighted by Crippen LogP contribution is -2.52. The molecule has 11 heteroatoms. The van der Waals surface area contributed by atoms with Gasteiger partial charge >= 0.3 is 0 Å². The van der Waals surface area contributed by atoms with Crippen molar-refractivity contribution in [1.82, 2.24) is 14.1 Å². The standard InChI is InChI=1S/C23H27F2N3O5S/c1-16(17-3-5-19(24)20(25)13-17)26(2)15-23(29)27-7-9-28(10-8-27)34(30,31)18-4-6-21-22(14-18)33-12-11-32-21/h3-6,13-14,16H,7-12,15H2,1-2H3/t16-/m1/s1. The van der Waals surface area contributed by atoms with Crippen LogP contribution in [0.1, 0.15) is 18.5 Å². The largest absolute Gasteiger partial charge is 0.486 e. The molecule has 0 bridgehead atoms. The van der Waals surface area contributed by atoms with E-state index in [4.69, 9.17) is 9.47 Å². The molecule has 2 heterocycles. The summed E-state index contributed by atoms with van der Waals surface area (Å²) in [5, 5.41) is 0. The van der Waals surface area contributed by atoms with Crippen molar-refractivity contribution in [2.45, 2.75) is 17.9 Å². The maximum absolute atomic E-state index is 13.6. The lowest BCUT2D eigenvalue weighted by atomic mass is 10.1. The first-order chi connectivity index (χ1) is 16.2. The maximum Gasteiger partial charge on any atom is 0.243 e. The van der Waals surface area contributed by atoms with Crippen molar-refractivity contribution in [1.29, 1.82) is 0 Å². The van der Waals surface area contributed by atoms with E-state index in [9.17, 15) is 22.0 Å². The van der Waals surface area contributed by atoms with Crippen LogP contribution in [-0.2, 0) is 14.8 Å². The molecule has 34 heavy (non-hydrogen) atoms. The molecule has 2 aromatic carbocycles. The van der Waals surface area contributed by atoms with Gasteiger partial charge in [-0.05, 0) is 43.8 Å². The van der Waals surface area contributed by atoms with E-state index in [-0.39, 0.29) is 49.6 Å². The highest BCUT2D eigenvalue weighted by Gasteiger charge is 2.31. The summed E-state index contributed by atoms with van der Waals surface area (Å²) < 4.78 is 65.2. The van der Waals surface area contributed by atoms with Crippen LogP contribution in [0.2, 0.25) is 0 Å². The maximum atomic E-state index is 13.6. The fraction of sp³-hybridized carbons (Fsp3) is 0.435. The molecular formula is C23H27F2N3O5S. The average Bonchev–Trinajstić information content (AvgIpc) is 2.85. The molecule has 0 N–H and O–H groups in total. The summed E-state index contributed by atoms with van der Waals surface area (Å²) in [4.78, 5) is 16.3. The molecule has 0 saturated carbocycles. The van der Waals surface area contributed by atoms with Crippen molar-refractivity contribution in [3.63, 3.8) is 0 Å². The molecular weight excluding hydrogens is 468 g/mol. The topological polar surface area (TPSA) is 79.4 Å². The molecule has 0 aliphatic carbocycles. The third-order valence-electron chi connectivity index (χ3n) is 6.21. The van der Waals surface area contributed by atoms with E-state index >= 15 is 0 Å². The Kier molecular flexibility index (Phi) is 7.06. The zero-order valence-corrected chi connectivity index (χ0v) is 19.9. The van der Waals surface area contributed by atoms with Gasteiger partial charge in [0, 0.05) is 38.3 Å². The summed E-state index contributed by atoms with van der Waals surface area (Å²) in [5.41, 5.74) is 0.560. The summed E-state index contributed by atoms with van der Waals surface area (Å²) in [5.74, 6) is -1.09. The number of nitrogens with zero attached hydrogens (tertiary/aromatic N) is 3. The second-order valence-electron chi connectivity index (χ2n) is 8.35. The molecule has 0 aromatic heterocycles. The van der Waals surface area contributed by atoms with Crippen molar-refractivity contribution < 1.29 is 31.5 Å². The number of fused-ring (bicyclic) bond motifs is 1. The Hall–Kier alpha value is -2.76. The minimum Gasteiger partial charge on any atom is -0.486 e. The second kappa shape index (κ2) is 9.85. The van der Waals surface area contributed by atoms with Crippen LogP contribution in [0, 0.1) is 11.6 Å². The Morgan fingerprint density at radius 3 is 2.35 bits per heavy atom. The molecule has 0 unspecified atom stereocenters. The first kappa shape index (κ1) is 24.4. The van der Waals surface area contributed by atoms with Crippen LogP contribution in [-0.4, -0.2) is 81.4 Å². The lowest BCUT2D eigenvalue weighted by Gasteiger charge is -2.35. The number of hydrogen-bond acceptors (Lipinski definition) is 6. The van der Waals surface area contributed by atoms with Gasteiger partial charge in [0.1, 0.15) is 13.2 Å². The highest BCUT2D eigenvalue weighted by atomic mass is 32.2.